The first-order chi connectivity index (χ1) is 11.8. The van der Waals surface area contributed by atoms with Gasteiger partial charge in [-0.25, -0.2) is 4.79 Å². The summed E-state index contributed by atoms with van der Waals surface area (Å²) in [5.41, 5.74) is 5.13. The van der Waals surface area contributed by atoms with Crippen LogP contribution >= 0.6 is 23.5 Å². The van der Waals surface area contributed by atoms with Crippen LogP contribution in [0.2, 0.25) is 0 Å². The van der Waals surface area contributed by atoms with Crippen molar-refractivity contribution < 1.29 is 24.3 Å². The lowest BCUT2D eigenvalue weighted by atomic mass is 10.1. The highest BCUT2D eigenvalue weighted by atomic mass is 32.2. The van der Waals surface area contributed by atoms with Gasteiger partial charge in [-0.1, -0.05) is 0 Å². The molecule has 0 rings (SSSR count). The summed E-state index contributed by atoms with van der Waals surface area (Å²) in [4.78, 5) is 46.5. The van der Waals surface area contributed by atoms with Crippen LogP contribution in [0.25, 0.3) is 0 Å². The topological polar surface area (TPSA) is 151 Å². The van der Waals surface area contributed by atoms with Crippen molar-refractivity contribution in [3.05, 3.63) is 0 Å². The lowest BCUT2D eigenvalue weighted by molar-refractivity contribution is -0.142. The normalized spacial score (nSPS) is 12.8. The quantitative estimate of drug-likeness (QED) is 0.256. The number of carboxylic acid groups (broad SMARTS) is 1. The summed E-state index contributed by atoms with van der Waals surface area (Å²) in [5.74, 6) is -1.50. The zero-order valence-electron chi connectivity index (χ0n) is 14.4. The summed E-state index contributed by atoms with van der Waals surface area (Å²) in [6.45, 7) is -0.534. The third-order valence-electron chi connectivity index (χ3n) is 3.12. The van der Waals surface area contributed by atoms with E-state index in [-0.39, 0.29) is 19.5 Å². The van der Waals surface area contributed by atoms with Crippen LogP contribution in [0.3, 0.4) is 0 Å². The minimum Gasteiger partial charge on any atom is -0.480 e. The number of nitrogens with two attached hydrogens (primary N) is 1. The average molecular weight is 395 g/mol. The molecular formula is C14H26N4O5S2. The Morgan fingerprint density at radius 3 is 2.00 bits per heavy atom. The monoisotopic (exact) mass is 394 g/mol. The second-order valence-electron chi connectivity index (χ2n) is 5.06. The van der Waals surface area contributed by atoms with E-state index in [2.05, 4.69) is 16.0 Å². The fourth-order valence-corrected chi connectivity index (χ4v) is 2.71. The highest BCUT2D eigenvalue weighted by Crippen LogP contribution is 2.05. The van der Waals surface area contributed by atoms with E-state index in [0.717, 1.165) is 0 Å². The Morgan fingerprint density at radius 2 is 1.52 bits per heavy atom. The molecule has 0 aliphatic heterocycles. The Kier molecular flexibility index (Phi) is 13.0. The van der Waals surface area contributed by atoms with Crippen molar-refractivity contribution in [3.8, 4) is 0 Å². The highest BCUT2D eigenvalue weighted by Gasteiger charge is 2.26. The van der Waals surface area contributed by atoms with Crippen molar-refractivity contribution in [2.24, 2.45) is 5.73 Å². The lowest BCUT2D eigenvalue weighted by Crippen LogP contribution is -2.53. The summed E-state index contributed by atoms with van der Waals surface area (Å²) in [6.07, 6.45) is 4.34. The minimum absolute atomic E-state index is 0.237. The Hall–Kier alpha value is -1.46. The first-order valence-electron chi connectivity index (χ1n) is 7.62. The number of amides is 3. The van der Waals surface area contributed by atoms with Gasteiger partial charge in [0.2, 0.25) is 17.7 Å². The van der Waals surface area contributed by atoms with Crippen LogP contribution in [-0.4, -0.2) is 78.0 Å². The third kappa shape index (κ3) is 10.9. The van der Waals surface area contributed by atoms with E-state index in [0.29, 0.717) is 17.9 Å². The molecule has 3 amide bonds. The largest absolute Gasteiger partial charge is 0.480 e. The Morgan fingerprint density at radius 1 is 0.960 bits per heavy atom. The van der Waals surface area contributed by atoms with Crippen LogP contribution in [0.15, 0.2) is 0 Å². The van der Waals surface area contributed by atoms with Gasteiger partial charge in [0.25, 0.3) is 0 Å². The van der Waals surface area contributed by atoms with E-state index in [4.69, 9.17) is 5.73 Å². The highest BCUT2D eigenvalue weighted by molar-refractivity contribution is 7.98. The zero-order chi connectivity index (χ0) is 19.2. The fraction of sp³-hybridized carbons (Fsp3) is 0.714. The Bertz CT molecular complexity index is 465. The molecule has 0 radical (unpaired) electrons. The number of nitrogens with one attached hydrogen (secondary N) is 3. The summed E-state index contributed by atoms with van der Waals surface area (Å²) in [5, 5.41) is 16.5. The van der Waals surface area contributed by atoms with Gasteiger partial charge in [-0.05, 0) is 36.9 Å². The molecule has 0 aliphatic carbocycles. The molecule has 25 heavy (non-hydrogen) atoms. The van der Waals surface area contributed by atoms with E-state index in [9.17, 15) is 24.3 Å². The Labute approximate surface area is 155 Å². The summed E-state index contributed by atoms with van der Waals surface area (Å²) >= 11 is 2.98. The van der Waals surface area contributed by atoms with Crippen molar-refractivity contribution in [3.63, 3.8) is 0 Å². The molecule has 0 bridgehead atoms. The van der Waals surface area contributed by atoms with Crippen molar-refractivity contribution in [1.29, 1.82) is 0 Å². The van der Waals surface area contributed by atoms with Gasteiger partial charge in [-0.3, -0.25) is 14.4 Å². The van der Waals surface area contributed by atoms with Crippen LogP contribution in [0, 0.1) is 0 Å². The van der Waals surface area contributed by atoms with Crippen LogP contribution < -0.4 is 21.7 Å². The van der Waals surface area contributed by atoms with Crippen LogP contribution in [0.4, 0.5) is 0 Å². The number of aliphatic carboxylic acids is 1. The predicted molar refractivity (Wildman–Crippen MR) is 99.6 cm³/mol. The molecular weight excluding hydrogens is 368 g/mol. The molecule has 0 fully saturated rings. The number of thioether (sulfide) groups is 2. The van der Waals surface area contributed by atoms with E-state index >= 15 is 0 Å². The van der Waals surface area contributed by atoms with E-state index in [1.165, 1.54) is 23.5 Å². The van der Waals surface area contributed by atoms with E-state index in [1.54, 1.807) is 0 Å². The maximum absolute atomic E-state index is 12.3. The van der Waals surface area contributed by atoms with Gasteiger partial charge < -0.3 is 26.8 Å². The molecule has 0 aromatic rings. The number of carbonyl (C=O) groups is 4. The predicted octanol–water partition coefficient (Wildman–Crippen LogP) is -1.38. The van der Waals surface area contributed by atoms with Gasteiger partial charge in [0, 0.05) is 0 Å². The SMILES string of the molecule is CSCCC(NC(=O)C(CCSC)NC(=O)CNC(=O)CN)C(=O)O. The number of carbonyl (C=O) groups excluding carboxylic acids is 3. The molecule has 0 spiro atoms. The fourth-order valence-electron chi connectivity index (χ4n) is 1.77. The van der Waals surface area contributed by atoms with Gasteiger partial charge in [0.1, 0.15) is 12.1 Å². The zero-order valence-corrected chi connectivity index (χ0v) is 16.0. The number of hydrogen-bond acceptors (Lipinski definition) is 7. The van der Waals surface area contributed by atoms with Gasteiger partial charge in [-0.2, -0.15) is 23.5 Å². The van der Waals surface area contributed by atoms with Gasteiger partial charge >= 0.3 is 5.97 Å². The third-order valence-corrected chi connectivity index (χ3v) is 4.41. The lowest BCUT2D eigenvalue weighted by Gasteiger charge is -2.21. The summed E-state index contributed by atoms with van der Waals surface area (Å²) in [7, 11) is 0. The number of hydrogen-bond donors (Lipinski definition) is 5. The molecule has 0 saturated carbocycles. The minimum atomic E-state index is -1.12. The molecule has 9 nitrogen and oxygen atoms in total. The molecule has 11 heteroatoms. The molecule has 0 aliphatic rings. The Balaban J connectivity index is 4.75. The molecule has 144 valence electrons. The molecule has 6 N–H and O–H groups in total. The maximum Gasteiger partial charge on any atom is 0.326 e. The van der Waals surface area contributed by atoms with Gasteiger partial charge in [0.05, 0.1) is 13.1 Å². The van der Waals surface area contributed by atoms with E-state index < -0.39 is 35.8 Å². The molecule has 2 atom stereocenters. The smallest absolute Gasteiger partial charge is 0.326 e. The first kappa shape index (κ1) is 23.5. The summed E-state index contributed by atoms with van der Waals surface area (Å²) in [6, 6.07) is -1.88. The first-order valence-corrected chi connectivity index (χ1v) is 10.4. The molecule has 0 saturated heterocycles. The van der Waals surface area contributed by atoms with Crippen molar-refractivity contribution in [2.75, 3.05) is 37.1 Å². The molecule has 0 heterocycles. The average Bonchev–Trinajstić information content (AvgIpc) is 2.59. The van der Waals surface area contributed by atoms with E-state index in [1.807, 2.05) is 12.5 Å². The van der Waals surface area contributed by atoms with Crippen LogP contribution in [-0.2, 0) is 19.2 Å². The number of rotatable bonds is 13. The van der Waals surface area contributed by atoms with Crippen molar-refractivity contribution >= 4 is 47.2 Å². The second-order valence-corrected chi connectivity index (χ2v) is 7.03. The van der Waals surface area contributed by atoms with Crippen molar-refractivity contribution in [2.45, 2.75) is 24.9 Å². The van der Waals surface area contributed by atoms with Crippen LogP contribution in [0.1, 0.15) is 12.8 Å². The van der Waals surface area contributed by atoms with Gasteiger partial charge in [-0.15, -0.1) is 0 Å². The molecule has 0 aromatic carbocycles. The van der Waals surface area contributed by atoms with Crippen molar-refractivity contribution in [1.82, 2.24) is 16.0 Å². The maximum atomic E-state index is 12.3. The van der Waals surface area contributed by atoms with Crippen LogP contribution in [0.5, 0.6) is 0 Å². The molecule has 2 unspecified atom stereocenters. The summed E-state index contributed by atoms with van der Waals surface area (Å²) < 4.78 is 0. The van der Waals surface area contributed by atoms with Gasteiger partial charge in [0.15, 0.2) is 0 Å². The standard InChI is InChI=1S/C14H26N4O5S2/c1-24-5-3-9(17-12(20)8-16-11(19)7-15)13(21)18-10(14(22)23)4-6-25-2/h9-10H,3-8,15H2,1-2H3,(H,16,19)(H,17,20)(H,18,21)(H,22,23). The second kappa shape index (κ2) is 13.8. The number of carboxylic acids is 1. The molecule has 0 aromatic heterocycles.